The monoisotopic (exact) mass is 388 g/mol. The van der Waals surface area contributed by atoms with Gasteiger partial charge in [-0.25, -0.2) is 0 Å². The molecular weight excluding hydrogens is 382 g/mol. The number of phenols is 1. The van der Waals surface area contributed by atoms with Crippen LogP contribution in [-0.2, 0) is 0 Å². The molecule has 0 radical (unpaired) electrons. The topological polar surface area (TPSA) is 70.1 Å². The maximum Gasteiger partial charge on any atom is 0.142 e. The summed E-state index contributed by atoms with van der Waals surface area (Å²) in [6.45, 7) is 0. The zero-order valence-electron chi connectivity index (χ0n) is 5.94. The first-order chi connectivity index (χ1) is 5.52. The molecule has 5 heteroatoms. The number of benzene rings is 1. The molecule has 0 aromatic heterocycles. The van der Waals surface area contributed by atoms with Gasteiger partial charge in [-0.3, -0.25) is 5.41 Å². The highest BCUT2D eigenvalue weighted by molar-refractivity contribution is 14.1. The molecule has 0 aliphatic rings. The van der Waals surface area contributed by atoms with Crippen molar-refractivity contribution in [2.75, 3.05) is 0 Å². The van der Waals surface area contributed by atoms with Crippen LogP contribution in [0.5, 0.6) is 5.75 Å². The van der Waals surface area contributed by atoms with Crippen molar-refractivity contribution in [1.82, 2.24) is 0 Å². The van der Waals surface area contributed by atoms with Crippen molar-refractivity contribution < 1.29 is 5.11 Å². The number of amidine groups is 1. The Bertz CT molecular complexity index is 315. The van der Waals surface area contributed by atoms with Crippen LogP contribution < -0.4 is 5.73 Å². The van der Waals surface area contributed by atoms with Crippen LogP contribution in [-0.4, -0.2) is 10.9 Å². The molecule has 0 amide bonds. The van der Waals surface area contributed by atoms with E-state index in [-0.39, 0.29) is 11.6 Å². The smallest absolute Gasteiger partial charge is 0.142 e. The summed E-state index contributed by atoms with van der Waals surface area (Å²) in [7, 11) is 0. The zero-order chi connectivity index (χ0) is 9.30. The molecule has 0 saturated heterocycles. The number of hydrogen-bond donors (Lipinski definition) is 3. The number of nitrogen functional groups attached to an aromatic ring is 1. The number of hydrogen-bond acceptors (Lipinski definition) is 2. The van der Waals surface area contributed by atoms with Gasteiger partial charge in [-0.05, 0) is 57.3 Å². The number of aromatic hydroxyl groups is 1. The third kappa shape index (κ3) is 2.00. The average Bonchev–Trinajstić information content (AvgIpc) is 1.99. The van der Waals surface area contributed by atoms with E-state index < -0.39 is 0 Å². The predicted molar refractivity (Wildman–Crippen MR) is 64.6 cm³/mol. The van der Waals surface area contributed by atoms with Gasteiger partial charge >= 0.3 is 0 Å². The maximum atomic E-state index is 9.39. The van der Waals surface area contributed by atoms with Gasteiger partial charge in [-0.2, -0.15) is 0 Å². The number of phenolic OH excluding ortho intramolecular Hbond substituents is 1. The molecular formula is C7H6I2N2O. The number of nitrogens with two attached hydrogens (primary N) is 1. The lowest BCUT2D eigenvalue weighted by Gasteiger charge is -2.03. The Kier molecular flexibility index (Phi) is 3.16. The van der Waals surface area contributed by atoms with Crippen molar-refractivity contribution in [1.29, 1.82) is 5.41 Å². The van der Waals surface area contributed by atoms with Crippen molar-refractivity contribution in [2.45, 2.75) is 0 Å². The van der Waals surface area contributed by atoms with Gasteiger partial charge < -0.3 is 10.8 Å². The van der Waals surface area contributed by atoms with Gasteiger partial charge in [0.15, 0.2) is 0 Å². The Balaban J connectivity index is 3.31. The Morgan fingerprint density at radius 2 is 1.75 bits per heavy atom. The molecule has 0 spiro atoms. The second-order valence-corrected chi connectivity index (χ2v) is 4.53. The minimum Gasteiger partial charge on any atom is -0.506 e. The third-order valence-electron chi connectivity index (χ3n) is 1.33. The molecule has 0 heterocycles. The van der Waals surface area contributed by atoms with Crippen LogP contribution in [0.4, 0.5) is 0 Å². The van der Waals surface area contributed by atoms with Gasteiger partial charge in [0.05, 0.1) is 7.14 Å². The molecule has 0 bridgehead atoms. The van der Waals surface area contributed by atoms with Crippen molar-refractivity contribution in [3.05, 3.63) is 24.8 Å². The molecule has 0 unspecified atom stereocenters. The quantitative estimate of drug-likeness (QED) is 0.391. The Morgan fingerprint density at radius 3 is 2.08 bits per heavy atom. The second kappa shape index (κ2) is 3.77. The normalized spacial score (nSPS) is 9.83. The number of rotatable bonds is 1. The van der Waals surface area contributed by atoms with Crippen LogP contribution in [0.1, 0.15) is 5.56 Å². The van der Waals surface area contributed by atoms with Crippen LogP contribution >= 0.6 is 45.2 Å². The lowest BCUT2D eigenvalue weighted by atomic mass is 10.2. The summed E-state index contributed by atoms with van der Waals surface area (Å²) in [5, 5.41) is 16.6. The fraction of sp³-hybridized carbons (Fsp3) is 0. The molecule has 1 aromatic rings. The first-order valence-corrected chi connectivity index (χ1v) is 5.20. The van der Waals surface area contributed by atoms with Crippen LogP contribution in [0.25, 0.3) is 0 Å². The Labute approximate surface area is 97.1 Å². The fourth-order valence-corrected chi connectivity index (χ4v) is 2.49. The molecule has 64 valence electrons. The van der Waals surface area contributed by atoms with E-state index in [1.165, 1.54) is 0 Å². The van der Waals surface area contributed by atoms with Gasteiger partial charge in [0.2, 0.25) is 0 Å². The molecule has 0 aliphatic carbocycles. The number of nitrogens with one attached hydrogen (secondary N) is 1. The molecule has 1 aromatic carbocycles. The molecule has 3 nitrogen and oxygen atoms in total. The van der Waals surface area contributed by atoms with Gasteiger partial charge in [0.25, 0.3) is 0 Å². The lowest BCUT2D eigenvalue weighted by molar-refractivity contribution is 0.467. The van der Waals surface area contributed by atoms with Crippen molar-refractivity contribution in [3.63, 3.8) is 0 Å². The lowest BCUT2D eigenvalue weighted by Crippen LogP contribution is -2.11. The van der Waals surface area contributed by atoms with Crippen molar-refractivity contribution in [3.8, 4) is 5.75 Å². The predicted octanol–water partition coefficient (Wildman–Crippen LogP) is 1.89. The standard InChI is InChI=1S/C7H6I2N2O/c8-4-1-3(7(10)11)2-5(9)6(4)12/h1-2,12H,(H3,10,11). The fourth-order valence-electron chi connectivity index (χ4n) is 0.721. The molecule has 1 rings (SSSR count). The minimum atomic E-state index is 0.0193. The zero-order valence-corrected chi connectivity index (χ0v) is 10.3. The summed E-state index contributed by atoms with van der Waals surface area (Å²) in [4.78, 5) is 0. The van der Waals surface area contributed by atoms with Crippen molar-refractivity contribution in [2.24, 2.45) is 5.73 Å². The largest absolute Gasteiger partial charge is 0.506 e. The summed E-state index contributed by atoms with van der Waals surface area (Å²) in [6, 6.07) is 3.36. The minimum absolute atomic E-state index is 0.0193. The van der Waals surface area contributed by atoms with Gasteiger partial charge in [0.1, 0.15) is 11.6 Å². The number of halogens is 2. The van der Waals surface area contributed by atoms with E-state index in [9.17, 15) is 5.11 Å². The Hall–Kier alpha value is -0.0500. The van der Waals surface area contributed by atoms with E-state index in [4.69, 9.17) is 11.1 Å². The Morgan fingerprint density at radius 1 is 1.33 bits per heavy atom. The first kappa shape index (κ1) is 10.0. The summed E-state index contributed by atoms with van der Waals surface area (Å²) < 4.78 is 1.43. The highest BCUT2D eigenvalue weighted by atomic mass is 127. The summed E-state index contributed by atoms with van der Waals surface area (Å²) in [5.74, 6) is 0.270. The average molecular weight is 388 g/mol. The van der Waals surface area contributed by atoms with E-state index in [1.54, 1.807) is 12.1 Å². The van der Waals surface area contributed by atoms with E-state index >= 15 is 0 Å². The van der Waals surface area contributed by atoms with Gasteiger partial charge in [0, 0.05) is 5.56 Å². The van der Waals surface area contributed by atoms with E-state index in [0.29, 0.717) is 12.7 Å². The van der Waals surface area contributed by atoms with Crippen LogP contribution in [0.2, 0.25) is 0 Å². The van der Waals surface area contributed by atoms with E-state index in [1.807, 2.05) is 45.2 Å². The molecule has 0 fully saturated rings. The van der Waals surface area contributed by atoms with Crippen LogP contribution in [0, 0.1) is 12.5 Å². The first-order valence-electron chi connectivity index (χ1n) is 3.04. The summed E-state index contributed by atoms with van der Waals surface area (Å²) in [6.07, 6.45) is 0. The highest BCUT2D eigenvalue weighted by Crippen LogP contribution is 2.26. The van der Waals surface area contributed by atoms with Crippen LogP contribution in [0.3, 0.4) is 0 Å². The second-order valence-electron chi connectivity index (χ2n) is 2.20. The van der Waals surface area contributed by atoms with Crippen molar-refractivity contribution >= 4 is 51.0 Å². The molecule has 12 heavy (non-hydrogen) atoms. The molecule has 4 N–H and O–H groups in total. The molecule has 0 atom stereocenters. The van der Waals surface area contributed by atoms with Crippen LogP contribution in [0.15, 0.2) is 12.1 Å². The van der Waals surface area contributed by atoms with E-state index in [2.05, 4.69) is 0 Å². The molecule has 0 saturated carbocycles. The maximum absolute atomic E-state index is 9.39. The summed E-state index contributed by atoms with van der Waals surface area (Å²) in [5.41, 5.74) is 5.94. The third-order valence-corrected chi connectivity index (χ3v) is 2.97. The SMILES string of the molecule is N=C(N)c1cc(I)c(O)c(I)c1. The molecule has 0 aliphatic heterocycles. The summed E-state index contributed by atoms with van der Waals surface area (Å²) >= 11 is 4.00. The van der Waals surface area contributed by atoms with Gasteiger partial charge in [-0.15, -0.1) is 0 Å². The van der Waals surface area contributed by atoms with Gasteiger partial charge in [-0.1, -0.05) is 0 Å². The highest BCUT2D eigenvalue weighted by Gasteiger charge is 2.06. The van der Waals surface area contributed by atoms with E-state index in [0.717, 1.165) is 0 Å².